The minimum Gasteiger partial charge on any atom is -0.497 e. The van der Waals surface area contributed by atoms with Crippen molar-refractivity contribution in [2.45, 2.75) is 32.2 Å². The third kappa shape index (κ3) is 4.75. The van der Waals surface area contributed by atoms with E-state index in [0.717, 1.165) is 24.2 Å². The minimum absolute atomic E-state index is 0.0584. The fourth-order valence-corrected chi connectivity index (χ4v) is 1.68. The molecule has 0 aliphatic carbocycles. The summed E-state index contributed by atoms with van der Waals surface area (Å²) < 4.78 is 5.08. The summed E-state index contributed by atoms with van der Waals surface area (Å²) in [7, 11) is 1.64. The van der Waals surface area contributed by atoms with Crippen LogP contribution in [0.5, 0.6) is 5.75 Å². The molecule has 4 heteroatoms. The average Bonchev–Trinajstić information content (AvgIpc) is 2.43. The lowest BCUT2D eigenvalue weighted by Gasteiger charge is -2.14. The van der Waals surface area contributed by atoms with E-state index in [2.05, 4.69) is 5.32 Å². The molecule has 0 aromatic heterocycles. The molecule has 0 saturated carbocycles. The number of nitrogens with two attached hydrogens (primary N) is 1. The molecule has 1 aromatic carbocycles. The highest BCUT2D eigenvalue weighted by molar-refractivity contribution is 5.76. The number of carbonyl (C=O) groups excluding carboxylic acids is 1. The third-order valence-electron chi connectivity index (χ3n) is 2.94. The first kappa shape index (κ1) is 14.5. The van der Waals surface area contributed by atoms with Crippen LogP contribution in [0.4, 0.5) is 0 Å². The van der Waals surface area contributed by atoms with Gasteiger partial charge in [-0.15, -0.1) is 0 Å². The van der Waals surface area contributed by atoms with Crippen LogP contribution in [0.3, 0.4) is 0 Å². The Balaban J connectivity index is 2.37. The molecular formula is C14H22N2O2. The molecule has 0 aliphatic rings. The predicted molar refractivity (Wildman–Crippen MR) is 72.6 cm³/mol. The Bertz CT molecular complexity index is 359. The van der Waals surface area contributed by atoms with Gasteiger partial charge in [0.05, 0.1) is 7.11 Å². The van der Waals surface area contributed by atoms with E-state index in [-0.39, 0.29) is 11.9 Å². The zero-order chi connectivity index (χ0) is 13.4. The van der Waals surface area contributed by atoms with Crippen molar-refractivity contribution in [2.75, 3.05) is 13.7 Å². The number of aryl methyl sites for hydroxylation is 1. The second-order valence-corrected chi connectivity index (χ2v) is 4.26. The van der Waals surface area contributed by atoms with E-state index >= 15 is 0 Å². The summed E-state index contributed by atoms with van der Waals surface area (Å²) in [5, 5.41) is 2.92. The fourth-order valence-electron chi connectivity index (χ4n) is 1.68. The maximum atomic E-state index is 11.7. The van der Waals surface area contributed by atoms with Gasteiger partial charge < -0.3 is 15.8 Å². The summed E-state index contributed by atoms with van der Waals surface area (Å²) in [6, 6.07) is 7.86. The fraction of sp³-hybridized carbons (Fsp3) is 0.500. The van der Waals surface area contributed by atoms with Crippen molar-refractivity contribution < 1.29 is 9.53 Å². The Morgan fingerprint density at radius 1 is 1.39 bits per heavy atom. The van der Waals surface area contributed by atoms with Crippen LogP contribution in [0.2, 0.25) is 0 Å². The summed E-state index contributed by atoms with van der Waals surface area (Å²) in [6.07, 6.45) is 2.09. The van der Waals surface area contributed by atoms with Crippen LogP contribution in [0.1, 0.15) is 25.3 Å². The molecule has 18 heavy (non-hydrogen) atoms. The zero-order valence-electron chi connectivity index (χ0n) is 11.1. The largest absolute Gasteiger partial charge is 0.497 e. The number of ether oxygens (including phenoxy) is 1. The highest BCUT2D eigenvalue weighted by Gasteiger charge is 2.08. The molecule has 0 spiro atoms. The molecule has 1 aromatic rings. The smallest absolute Gasteiger partial charge is 0.220 e. The van der Waals surface area contributed by atoms with E-state index in [4.69, 9.17) is 10.5 Å². The van der Waals surface area contributed by atoms with Gasteiger partial charge in [-0.2, -0.15) is 0 Å². The maximum Gasteiger partial charge on any atom is 0.220 e. The van der Waals surface area contributed by atoms with Gasteiger partial charge in [0, 0.05) is 19.0 Å². The van der Waals surface area contributed by atoms with Crippen LogP contribution in [0.25, 0.3) is 0 Å². The van der Waals surface area contributed by atoms with Crippen molar-refractivity contribution in [3.8, 4) is 5.75 Å². The Hall–Kier alpha value is -1.55. The van der Waals surface area contributed by atoms with Gasteiger partial charge in [0.25, 0.3) is 0 Å². The van der Waals surface area contributed by atoms with Crippen molar-refractivity contribution >= 4 is 5.91 Å². The third-order valence-corrected chi connectivity index (χ3v) is 2.94. The zero-order valence-corrected chi connectivity index (χ0v) is 11.1. The first-order valence-corrected chi connectivity index (χ1v) is 6.32. The first-order valence-electron chi connectivity index (χ1n) is 6.32. The number of hydrogen-bond donors (Lipinski definition) is 2. The van der Waals surface area contributed by atoms with Crippen LogP contribution in [-0.4, -0.2) is 25.6 Å². The van der Waals surface area contributed by atoms with E-state index in [0.29, 0.717) is 13.0 Å². The van der Waals surface area contributed by atoms with Crippen LogP contribution in [0, 0.1) is 0 Å². The number of methoxy groups -OCH3 is 1. The van der Waals surface area contributed by atoms with Gasteiger partial charge in [0.2, 0.25) is 5.91 Å². The van der Waals surface area contributed by atoms with Crippen molar-refractivity contribution in [1.29, 1.82) is 0 Å². The Morgan fingerprint density at radius 3 is 2.56 bits per heavy atom. The maximum absolute atomic E-state index is 11.7. The van der Waals surface area contributed by atoms with Gasteiger partial charge in [-0.05, 0) is 30.5 Å². The van der Waals surface area contributed by atoms with E-state index < -0.39 is 0 Å². The number of nitrogens with one attached hydrogen (secondary N) is 1. The molecule has 1 atom stereocenters. The van der Waals surface area contributed by atoms with Gasteiger partial charge >= 0.3 is 0 Å². The number of carbonyl (C=O) groups is 1. The molecule has 0 bridgehead atoms. The highest BCUT2D eigenvalue weighted by Crippen LogP contribution is 2.12. The van der Waals surface area contributed by atoms with Crippen molar-refractivity contribution in [3.05, 3.63) is 29.8 Å². The van der Waals surface area contributed by atoms with Gasteiger partial charge in [0.1, 0.15) is 5.75 Å². The second-order valence-electron chi connectivity index (χ2n) is 4.26. The van der Waals surface area contributed by atoms with Crippen molar-refractivity contribution in [1.82, 2.24) is 5.32 Å². The van der Waals surface area contributed by atoms with E-state index in [1.54, 1.807) is 7.11 Å². The molecule has 0 radical (unpaired) electrons. The number of hydrogen-bond acceptors (Lipinski definition) is 3. The quantitative estimate of drug-likeness (QED) is 0.770. The second kappa shape index (κ2) is 7.71. The van der Waals surface area contributed by atoms with Gasteiger partial charge in [-0.3, -0.25) is 4.79 Å². The Labute approximate surface area is 109 Å². The lowest BCUT2D eigenvalue weighted by atomic mass is 10.1. The van der Waals surface area contributed by atoms with Gasteiger partial charge in [-0.25, -0.2) is 0 Å². The Morgan fingerprint density at radius 2 is 2.06 bits per heavy atom. The summed E-state index contributed by atoms with van der Waals surface area (Å²) >= 11 is 0. The lowest BCUT2D eigenvalue weighted by Crippen LogP contribution is -2.39. The molecule has 0 fully saturated rings. The molecule has 3 N–H and O–H groups in total. The minimum atomic E-state index is 0.0584. The molecule has 0 heterocycles. The number of benzene rings is 1. The van der Waals surface area contributed by atoms with Crippen LogP contribution in [-0.2, 0) is 11.2 Å². The molecule has 1 amide bonds. The van der Waals surface area contributed by atoms with E-state index in [9.17, 15) is 4.79 Å². The molecule has 4 nitrogen and oxygen atoms in total. The first-order chi connectivity index (χ1) is 8.69. The highest BCUT2D eigenvalue weighted by atomic mass is 16.5. The monoisotopic (exact) mass is 250 g/mol. The number of rotatable bonds is 7. The van der Waals surface area contributed by atoms with Crippen molar-refractivity contribution in [3.63, 3.8) is 0 Å². The Kier molecular flexibility index (Phi) is 6.22. The molecule has 0 saturated heterocycles. The van der Waals surface area contributed by atoms with Gasteiger partial charge in [-0.1, -0.05) is 19.1 Å². The molecule has 1 unspecified atom stereocenters. The predicted octanol–water partition coefficient (Wildman–Crippen LogP) is 1.48. The van der Waals surface area contributed by atoms with Crippen LogP contribution in [0.15, 0.2) is 24.3 Å². The topological polar surface area (TPSA) is 64.3 Å². The SMILES string of the molecule is CCC(CN)NC(=O)CCc1ccc(OC)cc1. The summed E-state index contributed by atoms with van der Waals surface area (Å²) in [5.41, 5.74) is 6.67. The molecule has 100 valence electrons. The lowest BCUT2D eigenvalue weighted by molar-refractivity contribution is -0.121. The van der Waals surface area contributed by atoms with Crippen LogP contribution >= 0.6 is 0 Å². The summed E-state index contributed by atoms with van der Waals surface area (Å²) in [5.74, 6) is 0.889. The molecular weight excluding hydrogens is 228 g/mol. The van der Waals surface area contributed by atoms with E-state index in [1.807, 2.05) is 31.2 Å². The molecule has 1 rings (SSSR count). The standard InChI is InChI=1S/C14H22N2O2/c1-3-12(10-15)16-14(17)9-6-11-4-7-13(18-2)8-5-11/h4-5,7-8,12H,3,6,9-10,15H2,1-2H3,(H,16,17). The van der Waals surface area contributed by atoms with Crippen molar-refractivity contribution in [2.24, 2.45) is 5.73 Å². The number of amides is 1. The summed E-state index contributed by atoms with van der Waals surface area (Å²) in [6.45, 7) is 2.51. The van der Waals surface area contributed by atoms with Gasteiger partial charge in [0.15, 0.2) is 0 Å². The average molecular weight is 250 g/mol. The normalized spacial score (nSPS) is 11.9. The molecule has 0 aliphatic heterocycles. The van der Waals surface area contributed by atoms with E-state index in [1.165, 1.54) is 0 Å². The van der Waals surface area contributed by atoms with Crippen LogP contribution < -0.4 is 15.8 Å². The summed E-state index contributed by atoms with van der Waals surface area (Å²) in [4.78, 5) is 11.7.